The average molecular weight is 394 g/mol. The summed E-state index contributed by atoms with van der Waals surface area (Å²) in [5, 5.41) is 9.75. The lowest BCUT2D eigenvalue weighted by Crippen LogP contribution is -2.25. The zero-order valence-electron chi connectivity index (χ0n) is 17.2. The highest BCUT2D eigenvalue weighted by molar-refractivity contribution is 5.85. The number of hydrogen-bond acceptors (Lipinski definition) is 3. The van der Waals surface area contributed by atoms with Gasteiger partial charge in [0, 0.05) is 36.9 Å². The van der Waals surface area contributed by atoms with Crippen molar-refractivity contribution >= 4 is 22.5 Å². The summed E-state index contributed by atoms with van der Waals surface area (Å²) in [6.45, 7) is 4.27. The van der Waals surface area contributed by atoms with E-state index in [2.05, 4.69) is 65.3 Å². The number of aromatic amines is 1. The molecule has 0 aliphatic carbocycles. The Morgan fingerprint density at radius 2 is 1.72 bits per heavy atom. The summed E-state index contributed by atoms with van der Waals surface area (Å²) in [5.74, 6) is -0.298. The van der Waals surface area contributed by atoms with Gasteiger partial charge in [0.1, 0.15) is 0 Å². The fraction of sp³-hybridized carbons (Fsp3) is 0.375. The molecule has 0 spiro atoms. The van der Waals surface area contributed by atoms with E-state index >= 15 is 0 Å². The second-order valence-corrected chi connectivity index (χ2v) is 7.51. The lowest BCUT2D eigenvalue weighted by atomic mass is 10.0. The van der Waals surface area contributed by atoms with Gasteiger partial charge in [-0.2, -0.15) is 0 Å². The van der Waals surface area contributed by atoms with Gasteiger partial charge in [-0.25, -0.2) is 5.48 Å². The van der Waals surface area contributed by atoms with Crippen LogP contribution in [-0.4, -0.2) is 29.2 Å². The number of H-pyrrole nitrogens is 1. The van der Waals surface area contributed by atoms with Crippen LogP contribution in [0.5, 0.6) is 0 Å². The van der Waals surface area contributed by atoms with Gasteiger partial charge in [-0.1, -0.05) is 44.0 Å². The average Bonchev–Trinajstić information content (AvgIpc) is 3.23. The van der Waals surface area contributed by atoms with Crippen molar-refractivity contribution in [3.63, 3.8) is 0 Å². The fourth-order valence-electron chi connectivity index (χ4n) is 3.73. The number of hydroxylamine groups is 1. The van der Waals surface area contributed by atoms with Gasteiger partial charge in [-0.15, -0.1) is 0 Å². The van der Waals surface area contributed by atoms with E-state index in [0.717, 1.165) is 50.7 Å². The summed E-state index contributed by atoms with van der Waals surface area (Å²) in [7, 11) is 0. The van der Waals surface area contributed by atoms with Crippen molar-refractivity contribution in [1.29, 1.82) is 0 Å². The van der Waals surface area contributed by atoms with Gasteiger partial charge < -0.3 is 9.88 Å². The molecule has 1 heterocycles. The number of anilines is 1. The molecule has 3 N–H and O–H groups in total. The number of carbonyl (C=O) groups excluding carboxylic acids is 1. The molecular formula is C24H31N3O2. The molecule has 5 nitrogen and oxygen atoms in total. The molecule has 2 aromatic carbocycles. The monoisotopic (exact) mass is 393 g/mol. The minimum absolute atomic E-state index is 0.298. The minimum Gasteiger partial charge on any atom is -0.372 e. The molecule has 0 bridgehead atoms. The number of unbranched alkanes of at least 4 members (excludes halogenated alkanes) is 3. The number of amides is 1. The number of aromatic nitrogens is 1. The van der Waals surface area contributed by atoms with Gasteiger partial charge in [0.05, 0.1) is 0 Å². The van der Waals surface area contributed by atoms with E-state index in [-0.39, 0.29) is 5.91 Å². The molecule has 0 fully saturated rings. The highest BCUT2D eigenvalue weighted by atomic mass is 16.5. The van der Waals surface area contributed by atoms with Gasteiger partial charge in [0.25, 0.3) is 0 Å². The quantitative estimate of drug-likeness (QED) is 0.229. The van der Waals surface area contributed by atoms with Crippen LogP contribution in [0.15, 0.2) is 54.7 Å². The molecule has 1 aromatic heterocycles. The molecule has 3 aromatic rings. The number of rotatable bonds is 11. The predicted octanol–water partition coefficient (Wildman–Crippen LogP) is 5.51. The van der Waals surface area contributed by atoms with Gasteiger partial charge in [0.15, 0.2) is 0 Å². The van der Waals surface area contributed by atoms with Crippen molar-refractivity contribution in [1.82, 2.24) is 10.5 Å². The Morgan fingerprint density at radius 3 is 2.48 bits per heavy atom. The molecule has 154 valence electrons. The second-order valence-electron chi connectivity index (χ2n) is 7.51. The molecule has 0 aliphatic rings. The molecule has 0 unspecified atom stereocenters. The topological polar surface area (TPSA) is 68.4 Å². The Labute approximate surface area is 172 Å². The van der Waals surface area contributed by atoms with Gasteiger partial charge >= 0.3 is 0 Å². The Balaban J connectivity index is 1.55. The van der Waals surface area contributed by atoms with Crippen molar-refractivity contribution in [3.05, 3.63) is 54.7 Å². The van der Waals surface area contributed by atoms with Crippen molar-refractivity contribution < 1.29 is 10.0 Å². The molecular weight excluding hydrogens is 362 g/mol. The van der Waals surface area contributed by atoms with E-state index in [1.807, 2.05) is 6.20 Å². The maximum Gasteiger partial charge on any atom is 0.243 e. The lowest BCUT2D eigenvalue weighted by molar-refractivity contribution is -0.129. The van der Waals surface area contributed by atoms with E-state index in [1.165, 1.54) is 22.2 Å². The SMILES string of the molecule is CCCN(CCCCCCC(=O)NO)c1ccc(-c2ccc3cc[nH]c3c2)cc1. The second kappa shape index (κ2) is 10.7. The number of fused-ring (bicyclic) bond motifs is 1. The number of nitrogens with one attached hydrogen (secondary N) is 2. The highest BCUT2D eigenvalue weighted by Crippen LogP contribution is 2.26. The Hall–Kier alpha value is -2.79. The minimum atomic E-state index is -0.298. The van der Waals surface area contributed by atoms with Crippen LogP contribution < -0.4 is 10.4 Å². The Bertz CT molecular complexity index is 902. The standard InChI is InChI=1S/C24H31N3O2/c1-2-16-27(17-6-4-3-5-7-24(28)26-29)22-12-10-19(11-13-22)21-9-8-20-14-15-25-23(20)18-21/h8-15,18,25,29H,2-7,16-17H2,1H3,(H,26,28). The Morgan fingerprint density at radius 1 is 0.966 bits per heavy atom. The maximum atomic E-state index is 11.0. The summed E-state index contributed by atoms with van der Waals surface area (Å²) in [5.41, 5.74) is 6.56. The van der Waals surface area contributed by atoms with Gasteiger partial charge in [0.2, 0.25) is 5.91 Å². The number of hydrogen-bond donors (Lipinski definition) is 3. The first kappa shape index (κ1) is 20.9. The van der Waals surface area contributed by atoms with Crippen LogP contribution >= 0.6 is 0 Å². The molecule has 0 saturated heterocycles. The van der Waals surface area contributed by atoms with Gasteiger partial charge in [-0.05, 0) is 60.0 Å². The molecule has 0 atom stereocenters. The number of nitrogens with zero attached hydrogens (tertiary/aromatic N) is 1. The first-order valence-electron chi connectivity index (χ1n) is 10.6. The van der Waals surface area contributed by atoms with Crippen molar-refractivity contribution in [2.45, 2.75) is 45.4 Å². The molecule has 29 heavy (non-hydrogen) atoms. The van der Waals surface area contributed by atoms with Crippen LogP contribution in [0.2, 0.25) is 0 Å². The summed E-state index contributed by atoms with van der Waals surface area (Å²) in [6.07, 6.45) is 7.50. The van der Waals surface area contributed by atoms with Crippen molar-refractivity contribution in [3.8, 4) is 11.1 Å². The van der Waals surface area contributed by atoms with Crippen LogP contribution in [0.25, 0.3) is 22.0 Å². The van der Waals surface area contributed by atoms with Crippen LogP contribution in [0.1, 0.15) is 45.4 Å². The summed E-state index contributed by atoms with van der Waals surface area (Å²) in [4.78, 5) is 16.8. The van der Waals surface area contributed by atoms with E-state index in [0.29, 0.717) is 6.42 Å². The van der Waals surface area contributed by atoms with Crippen molar-refractivity contribution in [2.24, 2.45) is 0 Å². The zero-order valence-corrected chi connectivity index (χ0v) is 17.2. The summed E-state index contributed by atoms with van der Waals surface area (Å²) < 4.78 is 0. The molecule has 3 rings (SSSR count). The lowest BCUT2D eigenvalue weighted by Gasteiger charge is -2.24. The number of carbonyl (C=O) groups is 1. The largest absolute Gasteiger partial charge is 0.372 e. The fourth-order valence-corrected chi connectivity index (χ4v) is 3.73. The zero-order chi connectivity index (χ0) is 20.5. The normalized spacial score (nSPS) is 11.0. The third-order valence-electron chi connectivity index (χ3n) is 5.32. The number of benzene rings is 2. The molecule has 1 amide bonds. The van der Waals surface area contributed by atoms with Crippen LogP contribution in [0.4, 0.5) is 5.69 Å². The summed E-state index contributed by atoms with van der Waals surface area (Å²) in [6, 6.07) is 17.5. The van der Waals surface area contributed by atoms with E-state index < -0.39 is 0 Å². The first-order valence-corrected chi connectivity index (χ1v) is 10.6. The van der Waals surface area contributed by atoms with Crippen LogP contribution in [0, 0.1) is 0 Å². The Kier molecular flexibility index (Phi) is 7.70. The van der Waals surface area contributed by atoms with Crippen LogP contribution in [-0.2, 0) is 4.79 Å². The third-order valence-corrected chi connectivity index (χ3v) is 5.32. The third kappa shape index (κ3) is 5.84. The molecule has 0 aliphatic heterocycles. The smallest absolute Gasteiger partial charge is 0.243 e. The van der Waals surface area contributed by atoms with Crippen LogP contribution in [0.3, 0.4) is 0 Å². The van der Waals surface area contributed by atoms with E-state index in [1.54, 1.807) is 5.48 Å². The highest BCUT2D eigenvalue weighted by Gasteiger charge is 2.07. The summed E-state index contributed by atoms with van der Waals surface area (Å²) >= 11 is 0. The molecule has 0 radical (unpaired) electrons. The van der Waals surface area contributed by atoms with Gasteiger partial charge in [-0.3, -0.25) is 10.0 Å². The van der Waals surface area contributed by atoms with E-state index in [9.17, 15) is 4.79 Å². The van der Waals surface area contributed by atoms with Crippen molar-refractivity contribution in [2.75, 3.05) is 18.0 Å². The first-order chi connectivity index (χ1) is 14.2. The predicted molar refractivity (Wildman–Crippen MR) is 119 cm³/mol. The molecule has 0 saturated carbocycles. The molecule has 5 heteroatoms. The maximum absolute atomic E-state index is 11.0. The van der Waals surface area contributed by atoms with E-state index in [4.69, 9.17) is 5.21 Å².